The van der Waals surface area contributed by atoms with Gasteiger partial charge in [0.25, 0.3) is 0 Å². The van der Waals surface area contributed by atoms with E-state index in [-0.39, 0.29) is 67.5 Å². The summed E-state index contributed by atoms with van der Waals surface area (Å²) in [5.41, 5.74) is 0.960. The van der Waals surface area contributed by atoms with Gasteiger partial charge in [0.2, 0.25) is 11.8 Å². The van der Waals surface area contributed by atoms with E-state index in [2.05, 4.69) is 46.0 Å². The zero-order chi connectivity index (χ0) is 30.9. The molecule has 1 saturated carbocycles. The van der Waals surface area contributed by atoms with Crippen molar-refractivity contribution in [2.45, 2.75) is 114 Å². The van der Waals surface area contributed by atoms with Crippen LogP contribution in [0.4, 0.5) is 13.6 Å². The van der Waals surface area contributed by atoms with E-state index in [1.165, 1.54) is 0 Å². The number of fused-ring (bicyclic) bond motifs is 2. The second kappa shape index (κ2) is 14.4. The normalized spacial score (nSPS) is 29.8. The molecule has 2 bridgehead atoms. The average Bonchev–Trinajstić information content (AvgIpc) is 3.39. The lowest BCUT2D eigenvalue weighted by molar-refractivity contribution is -0.130. The predicted molar refractivity (Wildman–Crippen MR) is 174 cm³/mol. The Labute approximate surface area is 274 Å². The van der Waals surface area contributed by atoms with Gasteiger partial charge in [-0.25, -0.2) is 13.6 Å². The summed E-state index contributed by atoms with van der Waals surface area (Å²) in [6.07, 6.45) is 7.23. The quantitative estimate of drug-likeness (QED) is 0.307. The van der Waals surface area contributed by atoms with E-state index >= 15 is 0 Å². The van der Waals surface area contributed by atoms with Gasteiger partial charge in [-0.2, -0.15) is 0 Å². The maximum Gasteiger partial charge on any atom is 0.320 e. The zero-order valence-electron chi connectivity index (χ0n) is 27.1. The van der Waals surface area contributed by atoms with Crippen molar-refractivity contribution in [1.29, 1.82) is 0 Å². The lowest BCUT2D eigenvalue weighted by Crippen LogP contribution is -2.59. The molecule has 1 aliphatic carbocycles. The van der Waals surface area contributed by atoms with Gasteiger partial charge in [-0.05, 0) is 75.2 Å². The molecule has 1 aromatic rings. The van der Waals surface area contributed by atoms with E-state index in [0.29, 0.717) is 23.9 Å². The first kappa shape index (κ1) is 34.4. The van der Waals surface area contributed by atoms with Crippen molar-refractivity contribution >= 4 is 24.3 Å². The summed E-state index contributed by atoms with van der Waals surface area (Å²) in [4.78, 5) is 34.2. The van der Waals surface area contributed by atoms with E-state index < -0.39 is 5.92 Å². The summed E-state index contributed by atoms with van der Waals surface area (Å²) in [5, 5.41) is 3.27. The Morgan fingerprint density at radius 2 is 1.64 bits per heavy atom. The monoisotopic (exact) mass is 650 g/mol. The maximum atomic E-state index is 13.9. The number of nitrogens with one attached hydrogen (secondary N) is 1. The molecule has 6 rings (SSSR count). The van der Waals surface area contributed by atoms with Crippen LogP contribution in [0.15, 0.2) is 30.3 Å². The highest BCUT2D eigenvalue weighted by Crippen LogP contribution is 2.47. The Morgan fingerprint density at radius 3 is 2.27 bits per heavy atom. The maximum absolute atomic E-state index is 13.9. The molecule has 0 aromatic heterocycles. The Bertz CT molecular complexity index is 1130. The Balaban J connectivity index is 0.00000400. The highest BCUT2D eigenvalue weighted by molar-refractivity contribution is 5.85. The number of hydrogen-bond donors (Lipinski definition) is 1. The molecule has 1 spiro atoms. The smallest absolute Gasteiger partial charge is 0.320 e. The predicted octanol–water partition coefficient (Wildman–Crippen LogP) is 6.67. The summed E-state index contributed by atoms with van der Waals surface area (Å²) in [7, 11) is 0. The average molecular weight is 651 g/mol. The standard InChI is InChI=1S/C35H52F2N4O3.ClH/c1-25(2)22-41-33(43)39(23-26-13-18-44-19-14-26)24-34(41)20-29-8-9-30(21-34)40(29)17-12-31(27-6-4-3-5-7-27)38-32(42)28-10-15-35(36,37)16-11-28;/h3-7,25-26,28-31H,8-24H2,1-2H3,(H,38,42);1H/t29?,30?,31-,34?;/m0./s1. The Kier molecular flexibility index (Phi) is 11.0. The molecular weight excluding hydrogens is 598 g/mol. The van der Waals surface area contributed by atoms with Crippen molar-refractivity contribution in [3.05, 3.63) is 35.9 Å². The summed E-state index contributed by atoms with van der Waals surface area (Å²) >= 11 is 0. The molecule has 10 heteroatoms. The van der Waals surface area contributed by atoms with Crippen molar-refractivity contribution in [2.75, 3.05) is 39.4 Å². The summed E-state index contributed by atoms with van der Waals surface area (Å²) in [5.74, 6) is -2.14. The second-order valence-electron chi connectivity index (χ2n) is 14.9. The summed E-state index contributed by atoms with van der Waals surface area (Å²) < 4.78 is 33.1. The van der Waals surface area contributed by atoms with Gasteiger partial charge in [-0.3, -0.25) is 9.69 Å². The number of urea groups is 1. The highest BCUT2D eigenvalue weighted by atomic mass is 35.5. The van der Waals surface area contributed by atoms with Crippen LogP contribution in [0.3, 0.4) is 0 Å². The molecule has 4 saturated heterocycles. The topological polar surface area (TPSA) is 65.1 Å². The minimum Gasteiger partial charge on any atom is -0.381 e. The van der Waals surface area contributed by atoms with Gasteiger partial charge in [0.15, 0.2) is 0 Å². The van der Waals surface area contributed by atoms with Crippen LogP contribution < -0.4 is 5.32 Å². The number of benzene rings is 1. The number of carbonyl (C=O) groups excluding carboxylic acids is 2. The lowest BCUT2D eigenvalue weighted by Gasteiger charge is -2.48. The van der Waals surface area contributed by atoms with Crippen molar-refractivity contribution in [3.8, 4) is 0 Å². The van der Waals surface area contributed by atoms with Crippen molar-refractivity contribution < 1.29 is 23.1 Å². The minimum absolute atomic E-state index is 0. The third kappa shape index (κ3) is 7.78. The number of hydrogen-bond acceptors (Lipinski definition) is 4. The van der Waals surface area contributed by atoms with Crippen LogP contribution in [0.5, 0.6) is 0 Å². The molecule has 252 valence electrons. The number of nitrogens with zero attached hydrogens (tertiary/aromatic N) is 3. The van der Waals surface area contributed by atoms with Crippen LogP contribution in [-0.2, 0) is 9.53 Å². The Hall–Kier alpha value is -1.97. The molecule has 4 heterocycles. The molecule has 4 aliphatic heterocycles. The minimum atomic E-state index is -2.64. The first-order valence-electron chi connectivity index (χ1n) is 17.3. The van der Waals surface area contributed by atoms with Gasteiger partial charge in [-0.1, -0.05) is 44.2 Å². The lowest BCUT2D eigenvalue weighted by atomic mass is 9.81. The number of alkyl halides is 2. The van der Waals surface area contributed by atoms with Crippen molar-refractivity contribution in [2.24, 2.45) is 17.8 Å². The van der Waals surface area contributed by atoms with E-state index in [0.717, 1.165) is 89.9 Å². The highest BCUT2D eigenvalue weighted by Gasteiger charge is 2.57. The van der Waals surface area contributed by atoms with Gasteiger partial charge in [0, 0.05) is 70.2 Å². The van der Waals surface area contributed by atoms with Crippen LogP contribution in [-0.4, -0.2) is 89.6 Å². The molecule has 3 atom stereocenters. The largest absolute Gasteiger partial charge is 0.381 e. The van der Waals surface area contributed by atoms with Gasteiger partial charge in [0.05, 0.1) is 11.6 Å². The first-order chi connectivity index (χ1) is 21.1. The molecule has 45 heavy (non-hydrogen) atoms. The SMILES string of the molecule is CC(C)CN1C(=O)N(CC2CCOCC2)CC12CC1CCC(C2)N1CC[C@H](NC(=O)C1CCC(F)(F)CC1)c1ccccc1.Cl. The third-order valence-corrected chi connectivity index (χ3v) is 11.2. The van der Waals surface area contributed by atoms with Crippen LogP contribution in [0, 0.1) is 17.8 Å². The molecule has 1 N–H and O–H groups in total. The van der Waals surface area contributed by atoms with Crippen molar-refractivity contribution in [3.63, 3.8) is 0 Å². The summed E-state index contributed by atoms with van der Waals surface area (Å²) in [6.45, 7) is 9.37. The molecule has 0 radical (unpaired) electrons. The van der Waals surface area contributed by atoms with Gasteiger partial charge in [0.1, 0.15) is 0 Å². The molecule has 5 aliphatic rings. The number of piperidine rings is 1. The molecule has 5 fully saturated rings. The Morgan fingerprint density at radius 1 is 1.00 bits per heavy atom. The first-order valence-corrected chi connectivity index (χ1v) is 17.3. The van der Waals surface area contributed by atoms with E-state index in [1.807, 2.05) is 18.2 Å². The number of carbonyl (C=O) groups is 2. The molecule has 7 nitrogen and oxygen atoms in total. The number of halogens is 3. The van der Waals surface area contributed by atoms with E-state index in [9.17, 15) is 18.4 Å². The fourth-order valence-electron chi connectivity index (χ4n) is 8.91. The fraction of sp³-hybridized carbons (Fsp3) is 0.771. The van der Waals surface area contributed by atoms with Crippen LogP contribution >= 0.6 is 12.4 Å². The van der Waals surface area contributed by atoms with Crippen LogP contribution in [0.1, 0.15) is 96.1 Å². The number of ether oxygens (including phenoxy) is 1. The number of amides is 3. The second-order valence-corrected chi connectivity index (χ2v) is 14.9. The molecular formula is C35H53ClF2N4O3. The van der Waals surface area contributed by atoms with Crippen LogP contribution in [0.25, 0.3) is 0 Å². The number of rotatable bonds is 10. The molecule has 2 unspecified atom stereocenters. The van der Waals surface area contributed by atoms with Gasteiger partial charge >= 0.3 is 6.03 Å². The van der Waals surface area contributed by atoms with Crippen LogP contribution in [0.2, 0.25) is 0 Å². The van der Waals surface area contributed by atoms with E-state index in [4.69, 9.17) is 4.74 Å². The fourth-order valence-corrected chi connectivity index (χ4v) is 8.91. The van der Waals surface area contributed by atoms with Crippen molar-refractivity contribution in [1.82, 2.24) is 20.0 Å². The third-order valence-electron chi connectivity index (χ3n) is 11.2. The van der Waals surface area contributed by atoms with Gasteiger partial charge in [-0.15, -0.1) is 12.4 Å². The summed E-state index contributed by atoms with van der Waals surface area (Å²) in [6, 6.07) is 11.0. The molecule has 3 amide bonds. The zero-order valence-corrected chi connectivity index (χ0v) is 27.9. The van der Waals surface area contributed by atoms with E-state index in [1.54, 1.807) is 0 Å². The van der Waals surface area contributed by atoms with Gasteiger partial charge < -0.3 is 19.9 Å². The molecule has 1 aromatic carbocycles.